The van der Waals surface area contributed by atoms with Crippen LogP contribution in [0.25, 0.3) is 0 Å². The number of hydrogen-bond donors (Lipinski definition) is 1. The van der Waals surface area contributed by atoms with Gasteiger partial charge in [0.2, 0.25) is 0 Å². The summed E-state index contributed by atoms with van der Waals surface area (Å²) in [4.78, 5) is 11.7. The highest BCUT2D eigenvalue weighted by molar-refractivity contribution is 8.01. The quantitative estimate of drug-likeness (QED) is 0.575. The van der Waals surface area contributed by atoms with E-state index in [1.54, 1.807) is 0 Å². The maximum Gasteiger partial charge on any atom is 0.327 e. The van der Waals surface area contributed by atoms with Crippen LogP contribution in [-0.2, 0) is 9.53 Å². The van der Waals surface area contributed by atoms with E-state index in [-0.39, 0.29) is 5.97 Å². The van der Waals surface area contributed by atoms with Crippen LogP contribution >= 0.6 is 17.3 Å². The fourth-order valence-electron chi connectivity index (χ4n) is 1.71. The molecule has 0 amide bonds. The number of nitrogens with zero attached hydrogens (tertiary/aromatic N) is 1. The van der Waals surface area contributed by atoms with Crippen molar-refractivity contribution in [1.29, 1.82) is 0 Å². The average Bonchev–Trinajstić information content (AvgIpc) is 2.27. The second-order valence-electron chi connectivity index (χ2n) is 3.40. The molecule has 1 aliphatic heterocycles. The lowest BCUT2D eigenvalue weighted by Gasteiger charge is -2.40. The zero-order valence-electron chi connectivity index (χ0n) is 8.67. The molecule has 82 valence electrons. The van der Waals surface area contributed by atoms with Crippen molar-refractivity contribution in [2.75, 3.05) is 26.7 Å². The highest BCUT2D eigenvalue weighted by Gasteiger charge is 2.41. The molecule has 1 N–H and O–H groups in total. The molecule has 0 aromatic heterocycles. The van der Waals surface area contributed by atoms with E-state index in [1.165, 1.54) is 7.11 Å². The van der Waals surface area contributed by atoms with E-state index >= 15 is 0 Å². The van der Waals surface area contributed by atoms with Crippen LogP contribution in [0.5, 0.6) is 0 Å². The predicted molar refractivity (Wildman–Crippen MR) is 62.6 cm³/mol. The van der Waals surface area contributed by atoms with E-state index in [2.05, 4.69) is 18.9 Å². The lowest BCUT2D eigenvalue weighted by atomic mass is 9.94. The van der Waals surface area contributed by atoms with Crippen molar-refractivity contribution in [3.05, 3.63) is 0 Å². The standard InChI is InChI=1S/C8H18N2O2P2/c1-3-8(7(11)12-2)6-10(14-13)5-4-9-8/h9,14H,3-6,13H2,1-2H3. The third-order valence-corrected chi connectivity index (χ3v) is 4.51. The number of rotatable bonds is 3. The second-order valence-corrected chi connectivity index (χ2v) is 5.07. The highest BCUT2D eigenvalue weighted by Crippen LogP contribution is 2.31. The first-order valence-electron chi connectivity index (χ1n) is 4.73. The van der Waals surface area contributed by atoms with E-state index in [9.17, 15) is 4.79 Å². The fourth-order valence-corrected chi connectivity index (χ4v) is 2.98. The molecule has 3 unspecified atom stereocenters. The number of carbonyl (C=O) groups is 1. The zero-order chi connectivity index (χ0) is 10.6. The molecular formula is C8H18N2O2P2. The number of nitrogens with one attached hydrogen (secondary N) is 1. The summed E-state index contributed by atoms with van der Waals surface area (Å²) in [5.74, 6) is -0.145. The summed E-state index contributed by atoms with van der Waals surface area (Å²) in [6.45, 7) is 4.61. The van der Waals surface area contributed by atoms with E-state index < -0.39 is 5.54 Å². The summed E-state index contributed by atoms with van der Waals surface area (Å²) in [6.07, 6.45) is 0.769. The van der Waals surface area contributed by atoms with Gasteiger partial charge in [0, 0.05) is 19.6 Å². The SMILES string of the molecule is CCC1(C(=O)OC)CN(PP)CCN1. The average molecular weight is 236 g/mol. The van der Waals surface area contributed by atoms with E-state index in [0.29, 0.717) is 8.42 Å². The molecule has 0 spiro atoms. The first-order chi connectivity index (χ1) is 6.68. The summed E-state index contributed by atoms with van der Waals surface area (Å²) in [7, 11) is 4.84. The Morgan fingerprint density at radius 2 is 2.50 bits per heavy atom. The largest absolute Gasteiger partial charge is 0.468 e. The van der Waals surface area contributed by atoms with Gasteiger partial charge in [-0.15, -0.1) is 0 Å². The Morgan fingerprint density at radius 3 is 3.00 bits per heavy atom. The molecule has 0 saturated carbocycles. The smallest absolute Gasteiger partial charge is 0.327 e. The van der Waals surface area contributed by atoms with Gasteiger partial charge in [-0.3, -0.25) is 14.8 Å². The number of esters is 1. The molecule has 0 aromatic rings. The molecule has 0 aliphatic carbocycles. The fraction of sp³-hybridized carbons (Fsp3) is 0.875. The lowest BCUT2D eigenvalue weighted by molar-refractivity contribution is -0.150. The van der Waals surface area contributed by atoms with Crippen molar-refractivity contribution >= 4 is 23.3 Å². The van der Waals surface area contributed by atoms with Gasteiger partial charge in [0.15, 0.2) is 0 Å². The van der Waals surface area contributed by atoms with E-state index in [1.807, 2.05) is 6.92 Å². The Balaban J connectivity index is 2.72. The molecule has 1 heterocycles. The molecule has 1 rings (SSSR count). The molecule has 0 radical (unpaired) electrons. The minimum atomic E-state index is -0.490. The minimum Gasteiger partial charge on any atom is -0.468 e. The van der Waals surface area contributed by atoms with Crippen molar-refractivity contribution in [2.45, 2.75) is 18.9 Å². The van der Waals surface area contributed by atoms with Crippen molar-refractivity contribution in [2.24, 2.45) is 0 Å². The summed E-state index contributed by atoms with van der Waals surface area (Å²) in [5, 5.41) is 3.28. The maximum absolute atomic E-state index is 11.7. The molecule has 1 aliphatic rings. The van der Waals surface area contributed by atoms with Gasteiger partial charge in [0.1, 0.15) is 5.54 Å². The molecular weight excluding hydrogens is 218 g/mol. The van der Waals surface area contributed by atoms with Gasteiger partial charge >= 0.3 is 5.97 Å². The Morgan fingerprint density at radius 1 is 1.79 bits per heavy atom. The molecule has 1 fully saturated rings. The summed E-state index contributed by atoms with van der Waals surface area (Å²) in [6, 6.07) is 0. The zero-order valence-corrected chi connectivity index (χ0v) is 10.8. The van der Waals surface area contributed by atoms with Crippen molar-refractivity contribution < 1.29 is 9.53 Å². The van der Waals surface area contributed by atoms with Crippen LogP contribution in [0.4, 0.5) is 0 Å². The Hall–Kier alpha value is 0.250. The van der Waals surface area contributed by atoms with Crippen LogP contribution < -0.4 is 5.32 Å². The van der Waals surface area contributed by atoms with Crippen LogP contribution in [0.15, 0.2) is 0 Å². The van der Waals surface area contributed by atoms with Crippen LogP contribution in [-0.4, -0.2) is 42.9 Å². The van der Waals surface area contributed by atoms with E-state index in [4.69, 9.17) is 4.74 Å². The topological polar surface area (TPSA) is 41.6 Å². The van der Waals surface area contributed by atoms with Crippen LogP contribution in [0.2, 0.25) is 0 Å². The minimum absolute atomic E-state index is 0.145. The number of hydrogen-bond acceptors (Lipinski definition) is 4. The van der Waals surface area contributed by atoms with Gasteiger partial charge in [0.25, 0.3) is 0 Å². The van der Waals surface area contributed by atoms with Crippen LogP contribution in [0.1, 0.15) is 13.3 Å². The lowest BCUT2D eigenvalue weighted by Crippen LogP contribution is -2.63. The maximum atomic E-state index is 11.7. The Bertz CT molecular complexity index is 216. The second kappa shape index (κ2) is 5.37. The number of ether oxygens (including phenoxy) is 1. The van der Waals surface area contributed by atoms with Crippen LogP contribution in [0.3, 0.4) is 0 Å². The normalized spacial score (nSPS) is 29.6. The number of methoxy groups -OCH3 is 1. The molecule has 6 heteroatoms. The molecule has 0 aromatic carbocycles. The third kappa shape index (κ3) is 2.43. The third-order valence-electron chi connectivity index (χ3n) is 2.67. The van der Waals surface area contributed by atoms with Gasteiger partial charge < -0.3 is 4.74 Å². The van der Waals surface area contributed by atoms with Gasteiger partial charge in [-0.1, -0.05) is 15.9 Å². The molecule has 3 atom stereocenters. The number of piperazine rings is 1. The summed E-state index contributed by atoms with van der Waals surface area (Å²) < 4.78 is 7.11. The van der Waals surface area contributed by atoms with Crippen LogP contribution in [0, 0.1) is 0 Å². The van der Waals surface area contributed by atoms with Gasteiger partial charge in [-0.2, -0.15) is 0 Å². The molecule has 14 heavy (non-hydrogen) atoms. The molecule has 1 saturated heterocycles. The van der Waals surface area contributed by atoms with Gasteiger partial charge in [-0.25, -0.2) is 0 Å². The molecule has 0 bridgehead atoms. The Labute approximate surface area is 89.1 Å². The summed E-state index contributed by atoms with van der Waals surface area (Å²) in [5.41, 5.74) is -0.490. The van der Waals surface area contributed by atoms with E-state index in [0.717, 1.165) is 26.1 Å². The summed E-state index contributed by atoms with van der Waals surface area (Å²) >= 11 is 0. The predicted octanol–water partition coefficient (Wildman–Crippen LogP) is 0.597. The Kier molecular flexibility index (Phi) is 4.72. The number of carbonyl (C=O) groups excluding carboxylic acids is 1. The van der Waals surface area contributed by atoms with Gasteiger partial charge in [0.05, 0.1) is 7.11 Å². The van der Waals surface area contributed by atoms with Crippen molar-refractivity contribution in [3.63, 3.8) is 0 Å². The highest BCUT2D eigenvalue weighted by atomic mass is 32.0. The van der Waals surface area contributed by atoms with Gasteiger partial charge in [-0.05, 0) is 14.8 Å². The first-order valence-corrected chi connectivity index (χ1v) is 7.49. The van der Waals surface area contributed by atoms with Crippen molar-refractivity contribution in [1.82, 2.24) is 9.99 Å². The van der Waals surface area contributed by atoms with Crippen molar-refractivity contribution in [3.8, 4) is 0 Å². The first kappa shape index (κ1) is 12.3. The molecule has 4 nitrogen and oxygen atoms in total. The monoisotopic (exact) mass is 236 g/mol.